The third kappa shape index (κ3) is 8.87. The zero-order chi connectivity index (χ0) is 18.1. The highest BCUT2D eigenvalue weighted by Gasteiger charge is 2.34. The van der Waals surface area contributed by atoms with E-state index in [0.717, 1.165) is 12.5 Å². The van der Waals surface area contributed by atoms with Gasteiger partial charge in [0, 0.05) is 26.4 Å². The minimum atomic E-state index is -2.95. The maximum absolute atomic E-state index is 11.0. The molecule has 1 saturated carbocycles. The Labute approximate surface area is 147 Å². The van der Waals surface area contributed by atoms with Crippen LogP contribution in [0, 0.1) is 11.3 Å². The summed E-state index contributed by atoms with van der Waals surface area (Å²) in [6.45, 7) is 6.86. The molecule has 0 radical (unpaired) electrons. The molecule has 1 fully saturated rings. The van der Waals surface area contributed by atoms with Crippen LogP contribution in [0.3, 0.4) is 0 Å². The van der Waals surface area contributed by atoms with Crippen molar-refractivity contribution < 1.29 is 13.2 Å². The summed E-state index contributed by atoms with van der Waals surface area (Å²) < 4.78 is 27.4. The monoisotopic (exact) mass is 361 g/mol. The van der Waals surface area contributed by atoms with Crippen molar-refractivity contribution in [3.63, 3.8) is 0 Å². The second kappa shape index (κ2) is 10.2. The first-order valence-corrected chi connectivity index (χ1v) is 11.0. The first-order valence-electron chi connectivity index (χ1n) is 8.96. The fourth-order valence-corrected chi connectivity index (χ4v) is 3.91. The van der Waals surface area contributed by atoms with E-state index in [1.807, 2.05) is 0 Å². The van der Waals surface area contributed by atoms with E-state index in [4.69, 9.17) is 4.74 Å². The molecule has 0 heterocycles. The average molecular weight is 362 g/mol. The van der Waals surface area contributed by atoms with E-state index in [-0.39, 0.29) is 12.4 Å². The van der Waals surface area contributed by atoms with Gasteiger partial charge in [0.2, 0.25) is 0 Å². The quantitative estimate of drug-likeness (QED) is 0.352. The molecule has 1 aliphatic rings. The number of hydrogen-bond donors (Lipinski definition) is 2. The summed E-state index contributed by atoms with van der Waals surface area (Å²) in [6.07, 6.45) is 7.72. The molecular weight excluding hydrogens is 326 g/mol. The SMILES string of the molecule is CN=C(NCCOCCS(C)(=O)=O)NCC1(CC(C)C)CCCC1. The summed E-state index contributed by atoms with van der Waals surface area (Å²) in [5.41, 5.74) is 0.401. The lowest BCUT2D eigenvalue weighted by molar-refractivity contribution is 0.153. The van der Waals surface area contributed by atoms with E-state index < -0.39 is 9.84 Å². The van der Waals surface area contributed by atoms with Gasteiger partial charge in [0.1, 0.15) is 9.84 Å². The highest BCUT2D eigenvalue weighted by atomic mass is 32.2. The molecule has 0 unspecified atom stereocenters. The molecule has 0 aromatic carbocycles. The van der Waals surface area contributed by atoms with Crippen LogP contribution in [0.25, 0.3) is 0 Å². The van der Waals surface area contributed by atoms with Crippen LogP contribution in [0.1, 0.15) is 46.0 Å². The molecule has 142 valence electrons. The van der Waals surface area contributed by atoms with E-state index in [1.54, 1.807) is 7.05 Å². The van der Waals surface area contributed by atoms with Gasteiger partial charge in [-0.25, -0.2) is 8.42 Å². The fourth-order valence-electron chi connectivity index (χ4n) is 3.49. The van der Waals surface area contributed by atoms with Crippen LogP contribution in [0.4, 0.5) is 0 Å². The van der Waals surface area contributed by atoms with E-state index >= 15 is 0 Å². The van der Waals surface area contributed by atoms with Crippen LogP contribution in [-0.2, 0) is 14.6 Å². The Morgan fingerprint density at radius 1 is 1.21 bits per heavy atom. The zero-order valence-electron chi connectivity index (χ0n) is 15.7. The molecule has 0 aliphatic heterocycles. The second-order valence-electron chi connectivity index (χ2n) is 7.40. The lowest BCUT2D eigenvalue weighted by Gasteiger charge is -2.31. The smallest absolute Gasteiger partial charge is 0.191 e. The molecule has 0 amide bonds. The van der Waals surface area contributed by atoms with Gasteiger partial charge in [-0.05, 0) is 30.6 Å². The summed E-state index contributed by atoms with van der Waals surface area (Å²) in [4.78, 5) is 4.26. The average Bonchev–Trinajstić information content (AvgIpc) is 2.92. The molecule has 0 aromatic heterocycles. The van der Waals surface area contributed by atoms with Gasteiger partial charge < -0.3 is 15.4 Å². The topological polar surface area (TPSA) is 79.8 Å². The van der Waals surface area contributed by atoms with Crippen LogP contribution < -0.4 is 10.6 Å². The number of nitrogens with zero attached hydrogens (tertiary/aromatic N) is 1. The van der Waals surface area contributed by atoms with Crippen LogP contribution in [0.15, 0.2) is 4.99 Å². The number of hydrogen-bond acceptors (Lipinski definition) is 4. The van der Waals surface area contributed by atoms with Gasteiger partial charge in [-0.15, -0.1) is 0 Å². The maximum atomic E-state index is 11.0. The van der Waals surface area contributed by atoms with Gasteiger partial charge in [-0.3, -0.25) is 4.99 Å². The number of aliphatic imine (C=N–C) groups is 1. The van der Waals surface area contributed by atoms with Gasteiger partial charge in [-0.1, -0.05) is 26.7 Å². The number of ether oxygens (including phenoxy) is 1. The van der Waals surface area contributed by atoms with E-state index in [0.29, 0.717) is 24.5 Å². The first-order chi connectivity index (χ1) is 11.3. The molecule has 24 heavy (non-hydrogen) atoms. The van der Waals surface area contributed by atoms with Crippen molar-refractivity contribution in [3.05, 3.63) is 0 Å². The molecular formula is C17H35N3O3S. The number of rotatable bonds is 10. The predicted octanol–water partition coefficient (Wildman–Crippen LogP) is 1.82. The minimum absolute atomic E-state index is 0.0672. The summed E-state index contributed by atoms with van der Waals surface area (Å²) in [5, 5.41) is 6.69. The van der Waals surface area contributed by atoms with Crippen molar-refractivity contribution in [1.82, 2.24) is 10.6 Å². The predicted molar refractivity (Wildman–Crippen MR) is 100 cm³/mol. The summed E-state index contributed by atoms with van der Waals surface area (Å²) in [6, 6.07) is 0. The first kappa shape index (κ1) is 21.2. The zero-order valence-corrected chi connectivity index (χ0v) is 16.5. The summed E-state index contributed by atoms with van der Waals surface area (Å²) >= 11 is 0. The molecule has 0 bridgehead atoms. The molecule has 1 aliphatic carbocycles. The second-order valence-corrected chi connectivity index (χ2v) is 9.66. The van der Waals surface area contributed by atoms with Crippen LogP contribution in [0.5, 0.6) is 0 Å². The van der Waals surface area contributed by atoms with E-state index in [2.05, 4.69) is 29.5 Å². The van der Waals surface area contributed by atoms with Crippen molar-refractivity contribution in [1.29, 1.82) is 0 Å². The number of guanidine groups is 1. The van der Waals surface area contributed by atoms with Crippen LogP contribution >= 0.6 is 0 Å². The summed E-state index contributed by atoms with van der Waals surface area (Å²) in [5.74, 6) is 1.57. The third-order valence-electron chi connectivity index (χ3n) is 4.50. The minimum Gasteiger partial charge on any atom is -0.379 e. The maximum Gasteiger partial charge on any atom is 0.191 e. The van der Waals surface area contributed by atoms with Gasteiger partial charge in [0.15, 0.2) is 5.96 Å². The Morgan fingerprint density at radius 3 is 2.42 bits per heavy atom. The molecule has 6 nitrogen and oxygen atoms in total. The van der Waals surface area contributed by atoms with Crippen molar-refractivity contribution >= 4 is 15.8 Å². The van der Waals surface area contributed by atoms with E-state index in [1.165, 1.54) is 38.4 Å². The highest BCUT2D eigenvalue weighted by molar-refractivity contribution is 7.90. The highest BCUT2D eigenvalue weighted by Crippen LogP contribution is 2.42. The van der Waals surface area contributed by atoms with Gasteiger partial charge in [0.05, 0.1) is 19.0 Å². The molecule has 1 rings (SSSR count). The normalized spacial score (nSPS) is 18.1. The van der Waals surface area contributed by atoms with E-state index in [9.17, 15) is 8.42 Å². The van der Waals surface area contributed by atoms with Crippen molar-refractivity contribution in [2.24, 2.45) is 16.3 Å². The lowest BCUT2D eigenvalue weighted by atomic mass is 9.78. The Balaban J connectivity index is 2.27. The van der Waals surface area contributed by atoms with Crippen molar-refractivity contribution in [2.45, 2.75) is 46.0 Å². The molecule has 2 N–H and O–H groups in total. The largest absolute Gasteiger partial charge is 0.379 e. The number of nitrogens with one attached hydrogen (secondary N) is 2. The Kier molecular flexibility index (Phi) is 9.05. The molecule has 0 spiro atoms. The Morgan fingerprint density at radius 2 is 1.88 bits per heavy atom. The molecule has 0 saturated heterocycles. The lowest BCUT2D eigenvalue weighted by Crippen LogP contribution is -2.44. The van der Waals surface area contributed by atoms with Crippen molar-refractivity contribution in [2.75, 3.05) is 45.4 Å². The van der Waals surface area contributed by atoms with Gasteiger partial charge >= 0.3 is 0 Å². The van der Waals surface area contributed by atoms with Crippen LogP contribution in [0.2, 0.25) is 0 Å². The number of sulfone groups is 1. The molecule has 0 aromatic rings. The summed E-state index contributed by atoms with van der Waals surface area (Å²) in [7, 11) is -1.18. The van der Waals surface area contributed by atoms with Gasteiger partial charge in [-0.2, -0.15) is 0 Å². The van der Waals surface area contributed by atoms with Crippen molar-refractivity contribution in [3.8, 4) is 0 Å². The van der Waals surface area contributed by atoms with Crippen LogP contribution in [-0.4, -0.2) is 59.7 Å². The third-order valence-corrected chi connectivity index (χ3v) is 5.41. The molecule has 0 atom stereocenters. The van der Waals surface area contributed by atoms with Gasteiger partial charge in [0.25, 0.3) is 0 Å². The Hall–Kier alpha value is -0.820. The fraction of sp³-hybridized carbons (Fsp3) is 0.941. The molecule has 7 heteroatoms. The Bertz CT molecular complexity index is 483. The standard InChI is InChI=1S/C17H35N3O3S/c1-15(2)13-17(7-5-6-8-17)14-20-16(18-3)19-9-10-23-11-12-24(4,21)22/h15H,5-14H2,1-4H3,(H2,18,19,20).